The second-order valence-corrected chi connectivity index (χ2v) is 5.82. The third-order valence-corrected chi connectivity index (χ3v) is 3.71. The molecular weight excluding hydrogens is 320 g/mol. The fraction of sp³-hybridized carbons (Fsp3) is 0.133. The number of benzene rings is 2. The molecule has 0 aliphatic carbocycles. The molecule has 0 saturated carbocycles. The largest absolute Gasteiger partial charge is 0.389 e. The van der Waals surface area contributed by atoms with Crippen LogP contribution < -0.4 is 11.1 Å². The Morgan fingerprint density at radius 2 is 1.63 bits per heavy atom. The van der Waals surface area contributed by atoms with Crippen LogP contribution in [-0.2, 0) is 0 Å². The summed E-state index contributed by atoms with van der Waals surface area (Å²) in [4.78, 5) is 0.398. The zero-order valence-electron chi connectivity index (χ0n) is 10.8. The summed E-state index contributed by atoms with van der Waals surface area (Å²) in [7, 11) is 0. The van der Waals surface area contributed by atoms with Crippen molar-refractivity contribution in [3.05, 3.63) is 57.6 Å². The van der Waals surface area contributed by atoms with E-state index in [4.69, 9.17) is 18.0 Å². The van der Waals surface area contributed by atoms with Crippen molar-refractivity contribution in [2.24, 2.45) is 5.73 Å². The lowest BCUT2D eigenvalue weighted by molar-refractivity contribution is 1.41. The molecule has 0 aromatic heterocycles. The highest BCUT2D eigenvalue weighted by atomic mass is 79.9. The van der Waals surface area contributed by atoms with Crippen LogP contribution in [0.1, 0.15) is 16.7 Å². The summed E-state index contributed by atoms with van der Waals surface area (Å²) in [5.74, 6) is 0. The third kappa shape index (κ3) is 3.33. The number of nitrogens with one attached hydrogen (secondary N) is 1. The van der Waals surface area contributed by atoms with Gasteiger partial charge in [0.15, 0.2) is 0 Å². The average molecular weight is 335 g/mol. The predicted octanol–water partition coefficient (Wildman–Crippen LogP) is 4.44. The molecule has 0 atom stereocenters. The zero-order chi connectivity index (χ0) is 14.0. The minimum atomic E-state index is 0.398. The molecule has 2 aromatic carbocycles. The van der Waals surface area contributed by atoms with E-state index >= 15 is 0 Å². The van der Waals surface area contributed by atoms with Gasteiger partial charge in [0.05, 0.1) is 5.69 Å². The Morgan fingerprint density at radius 3 is 2.21 bits per heavy atom. The lowest BCUT2D eigenvalue weighted by Crippen LogP contribution is -2.12. The van der Waals surface area contributed by atoms with E-state index in [1.165, 1.54) is 5.56 Å². The molecule has 2 rings (SSSR count). The van der Waals surface area contributed by atoms with Gasteiger partial charge in [0, 0.05) is 15.7 Å². The predicted molar refractivity (Wildman–Crippen MR) is 89.2 cm³/mol. The van der Waals surface area contributed by atoms with Gasteiger partial charge in [0.25, 0.3) is 0 Å². The van der Waals surface area contributed by atoms with E-state index in [0.29, 0.717) is 4.99 Å². The first-order valence-corrected chi connectivity index (χ1v) is 7.11. The van der Waals surface area contributed by atoms with Crippen LogP contribution in [-0.4, -0.2) is 4.99 Å². The molecule has 0 unspecified atom stereocenters. The second-order valence-electron chi connectivity index (χ2n) is 4.52. The van der Waals surface area contributed by atoms with E-state index in [-0.39, 0.29) is 0 Å². The van der Waals surface area contributed by atoms with Crippen LogP contribution in [0, 0.1) is 13.8 Å². The normalized spacial score (nSPS) is 10.3. The maximum Gasteiger partial charge on any atom is 0.106 e. The van der Waals surface area contributed by atoms with Crippen molar-refractivity contribution >= 4 is 44.5 Å². The van der Waals surface area contributed by atoms with Gasteiger partial charge in [0.1, 0.15) is 4.99 Å². The number of hydrogen-bond donors (Lipinski definition) is 2. The highest BCUT2D eigenvalue weighted by Crippen LogP contribution is 2.28. The number of rotatable bonds is 3. The van der Waals surface area contributed by atoms with Gasteiger partial charge in [-0.15, -0.1) is 0 Å². The minimum absolute atomic E-state index is 0.398. The van der Waals surface area contributed by atoms with Gasteiger partial charge in [0.2, 0.25) is 0 Å². The molecule has 2 nitrogen and oxygen atoms in total. The van der Waals surface area contributed by atoms with Crippen molar-refractivity contribution in [3.8, 4) is 0 Å². The Morgan fingerprint density at radius 1 is 1.05 bits per heavy atom. The fourth-order valence-electron chi connectivity index (χ4n) is 1.84. The van der Waals surface area contributed by atoms with Gasteiger partial charge >= 0.3 is 0 Å². The molecule has 3 N–H and O–H groups in total. The highest BCUT2D eigenvalue weighted by molar-refractivity contribution is 9.10. The van der Waals surface area contributed by atoms with Crippen molar-refractivity contribution in [1.82, 2.24) is 0 Å². The Bertz CT molecular complexity index is 638. The topological polar surface area (TPSA) is 38.0 Å². The quantitative estimate of drug-likeness (QED) is 0.814. The van der Waals surface area contributed by atoms with Crippen molar-refractivity contribution in [1.29, 1.82) is 0 Å². The molecule has 19 heavy (non-hydrogen) atoms. The summed E-state index contributed by atoms with van der Waals surface area (Å²) in [6.45, 7) is 4.08. The van der Waals surface area contributed by atoms with Crippen LogP contribution in [0.15, 0.2) is 40.9 Å². The summed E-state index contributed by atoms with van der Waals surface area (Å²) in [6.07, 6.45) is 0. The summed E-state index contributed by atoms with van der Waals surface area (Å²) in [5, 5.41) is 3.36. The van der Waals surface area contributed by atoms with Crippen LogP contribution in [0.25, 0.3) is 0 Å². The van der Waals surface area contributed by atoms with Crippen LogP contribution in [0.4, 0.5) is 11.4 Å². The van der Waals surface area contributed by atoms with Crippen molar-refractivity contribution in [2.45, 2.75) is 13.8 Å². The van der Waals surface area contributed by atoms with Gasteiger partial charge in [-0.2, -0.15) is 0 Å². The summed E-state index contributed by atoms with van der Waals surface area (Å²) in [6, 6.07) is 12.2. The molecule has 0 aliphatic heterocycles. The molecule has 0 bridgehead atoms. The number of halogens is 1. The number of aryl methyl sites for hydroxylation is 2. The Kier molecular flexibility index (Phi) is 4.22. The van der Waals surface area contributed by atoms with E-state index in [9.17, 15) is 0 Å². The van der Waals surface area contributed by atoms with E-state index in [2.05, 4.69) is 40.3 Å². The molecule has 2 aromatic rings. The molecule has 0 amide bonds. The first-order chi connectivity index (χ1) is 8.97. The van der Waals surface area contributed by atoms with Crippen LogP contribution in [0.3, 0.4) is 0 Å². The van der Waals surface area contributed by atoms with Crippen molar-refractivity contribution in [3.63, 3.8) is 0 Å². The van der Waals surface area contributed by atoms with E-state index in [1.54, 1.807) is 0 Å². The SMILES string of the molecule is Cc1ccc(Nc2ccc(C)cc2C(N)=S)c(Br)c1. The molecule has 0 radical (unpaired) electrons. The molecule has 0 fully saturated rings. The van der Waals surface area contributed by atoms with Gasteiger partial charge in [-0.25, -0.2) is 0 Å². The summed E-state index contributed by atoms with van der Waals surface area (Å²) >= 11 is 8.66. The molecule has 0 spiro atoms. The van der Waals surface area contributed by atoms with E-state index in [1.807, 2.05) is 31.2 Å². The maximum absolute atomic E-state index is 5.78. The highest BCUT2D eigenvalue weighted by Gasteiger charge is 2.07. The molecule has 0 heterocycles. The Balaban J connectivity index is 2.40. The standard InChI is InChI=1S/C15H15BrN2S/c1-9-3-5-13(11(7-9)15(17)19)18-14-6-4-10(2)8-12(14)16/h3-8,18H,1-2H3,(H2,17,19). The van der Waals surface area contributed by atoms with Crippen molar-refractivity contribution < 1.29 is 0 Å². The van der Waals surface area contributed by atoms with Gasteiger partial charge < -0.3 is 11.1 Å². The number of thiocarbonyl (C=S) groups is 1. The first kappa shape index (κ1) is 14.0. The number of anilines is 2. The Labute approximate surface area is 127 Å². The monoisotopic (exact) mass is 334 g/mol. The van der Waals surface area contributed by atoms with Gasteiger partial charge in [-0.05, 0) is 59.6 Å². The van der Waals surface area contributed by atoms with Crippen molar-refractivity contribution in [2.75, 3.05) is 5.32 Å². The third-order valence-electron chi connectivity index (χ3n) is 2.83. The van der Waals surface area contributed by atoms with Crippen LogP contribution >= 0.6 is 28.1 Å². The number of hydrogen-bond acceptors (Lipinski definition) is 2. The molecular formula is C15H15BrN2S. The van der Waals surface area contributed by atoms with E-state index < -0.39 is 0 Å². The minimum Gasteiger partial charge on any atom is -0.389 e. The Hall–Kier alpha value is -1.39. The first-order valence-electron chi connectivity index (χ1n) is 5.91. The molecule has 4 heteroatoms. The van der Waals surface area contributed by atoms with Gasteiger partial charge in [-0.3, -0.25) is 0 Å². The smallest absolute Gasteiger partial charge is 0.106 e. The average Bonchev–Trinajstić information content (AvgIpc) is 2.34. The molecule has 98 valence electrons. The lowest BCUT2D eigenvalue weighted by atomic mass is 10.1. The maximum atomic E-state index is 5.78. The van der Waals surface area contributed by atoms with Gasteiger partial charge in [-0.1, -0.05) is 29.9 Å². The second kappa shape index (κ2) is 5.72. The lowest BCUT2D eigenvalue weighted by Gasteiger charge is -2.13. The number of nitrogens with two attached hydrogens (primary N) is 1. The van der Waals surface area contributed by atoms with Crippen LogP contribution in [0.5, 0.6) is 0 Å². The zero-order valence-corrected chi connectivity index (χ0v) is 13.2. The molecule has 0 aliphatic rings. The summed E-state index contributed by atoms with van der Waals surface area (Å²) < 4.78 is 1.02. The summed E-state index contributed by atoms with van der Waals surface area (Å²) in [5.41, 5.74) is 10.9. The van der Waals surface area contributed by atoms with Crippen LogP contribution in [0.2, 0.25) is 0 Å². The fourth-order valence-corrected chi connectivity index (χ4v) is 2.60. The van der Waals surface area contributed by atoms with E-state index in [0.717, 1.165) is 27.0 Å². The molecule has 0 saturated heterocycles.